The van der Waals surface area contributed by atoms with Crippen LogP contribution >= 0.6 is 11.6 Å². The highest BCUT2D eigenvalue weighted by atomic mass is 35.5. The number of hydrogen-bond donors (Lipinski definition) is 1. The number of para-hydroxylation sites is 1. The number of aromatic nitrogens is 2. The largest absolute Gasteiger partial charge is 0.362 e. The third-order valence-corrected chi connectivity index (χ3v) is 5.61. The summed E-state index contributed by atoms with van der Waals surface area (Å²) in [4.78, 5) is 14.5. The Kier molecular flexibility index (Phi) is 6.14. The zero-order valence-electron chi connectivity index (χ0n) is 16.9. The molecule has 0 radical (unpaired) electrons. The smallest absolute Gasteiger partial charge is 0.259 e. The van der Waals surface area contributed by atoms with E-state index in [1.807, 2.05) is 49.4 Å². The van der Waals surface area contributed by atoms with Gasteiger partial charge in [-0.3, -0.25) is 4.79 Å². The van der Waals surface area contributed by atoms with Crippen LogP contribution in [-0.2, 0) is 17.8 Å². The van der Waals surface area contributed by atoms with Crippen molar-refractivity contribution in [2.75, 3.05) is 18.0 Å². The zero-order chi connectivity index (χ0) is 20.9. The van der Waals surface area contributed by atoms with E-state index in [0.717, 1.165) is 36.3 Å². The molecule has 0 saturated carbocycles. The van der Waals surface area contributed by atoms with Gasteiger partial charge in [0.25, 0.3) is 5.91 Å². The average Bonchev–Trinajstić information content (AvgIpc) is 3.02. The molecule has 1 amide bonds. The van der Waals surface area contributed by atoms with Crippen molar-refractivity contribution in [3.05, 3.63) is 82.1 Å². The third kappa shape index (κ3) is 4.54. The van der Waals surface area contributed by atoms with E-state index in [2.05, 4.69) is 32.7 Å². The molecule has 2 heterocycles. The standard InChI is InChI=1S/C23H24ClN5O/c1-17-20(23(24)29(27-17)15-18-8-3-2-4-9-18)14-25-26-22(30)16-28-13-7-11-19-10-5-6-12-21(19)28/h2-6,8-10,12,14H,7,11,13,15-16H2,1H3,(H,26,30)/b25-14-. The summed E-state index contributed by atoms with van der Waals surface area (Å²) in [6.45, 7) is 3.59. The lowest BCUT2D eigenvalue weighted by Crippen LogP contribution is -2.38. The summed E-state index contributed by atoms with van der Waals surface area (Å²) in [5.74, 6) is -0.159. The number of anilines is 1. The van der Waals surface area contributed by atoms with E-state index in [0.29, 0.717) is 17.3 Å². The summed E-state index contributed by atoms with van der Waals surface area (Å²) in [6, 6.07) is 18.2. The quantitative estimate of drug-likeness (QED) is 0.486. The number of amides is 1. The van der Waals surface area contributed by atoms with Crippen LogP contribution in [0.15, 0.2) is 59.7 Å². The maximum absolute atomic E-state index is 12.4. The molecule has 3 aromatic rings. The van der Waals surface area contributed by atoms with Gasteiger partial charge in [0.05, 0.1) is 30.6 Å². The monoisotopic (exact) mass is 421 g/mol. The van der Waals surface area contributed by atoms with Crippen LogP contribution in [0.5, 0.6) is 0 Å². The number of nitrogens with one attached hydrogen (secondary N) is 1. The Morgan fingerprint density at radius 2 is 1.97 bits per heavy atom. The first-order valence-corrected chi connectivity index (χ1v) is 10.4. The lowest BCUT2D eigenvalue weighted by molar-refractivity contribution is -0.119. The van der Waals surface area contributed by atoms with Crippen LogP contribution in [0.4, 0.5) is 5.69 Å². The van der Waals surface area contributed by atoms with E-state index in [9.17, 15) is 4.79 Å². The van der Waals surface area contributed by atoms with Gasteiger partial charge in [0.15, 0.2) is 0 Å². The number of carbonyl (C=O) groups is 1. The number of benzene rings is 2. The first-order valence-electron chi connectivity index (χ1n) is 10.0. The van der Waals surface area contributed by atoms with Crippen molar-refractivity contribution < 1.29 is 4.79 Å². The number of hydrazone groups is 1. The van der Waals surface area contributed by atoms with Crippen LogP contribution in [0, 0.1) is 6.92 Å². The number of fused-ring (bicyclic) bond motifs is 1. The molecular formula is C23H24ClN5O. The number of carbonyl (C=O) groups excluding carboxylic acids is 1. The molecule has 0 spiro atoms. The maximum atomic E-state index is 12.4. The van der Waals surface area contributed by atoms with Gasteiger partial charge in [0, 0.05) is 12.2 Å². The van der Waals surface area contributed by atoms with E-state index in [1.165, 1.54) is 5.56 Å². The molecule has 1 N–H and O–H groups in total. The Morgan fingerprint density at radius 1 is 1.20 bits per heavy atom. The highest BCUT2D eigenvalue weighted by molar-refractivity contribution is 6.32. The number of nitrogens with zero attached hydrogens (tertiary/aromatic N) is 4. The Balaban J connectivity index is 1.38. The second kappa shape index (κ2) is 9.13. The fraction of sp³-hybridized carbons (Fsp3) is 0.261. The lowest BCUT2D eigenvalue weighted by Gasteiger charge is -2.30. The van der Waals surface area contributed by atoms with Crippen LogP contribution in [0.2, 0.25) is 5.15 Å². The van der Waals surface area contributed by atoms with Gasteiger partial charge in [-0.05, 0) is 37.0 Å². The zero-order valence-corrected chi connectivity index (χ0v) is 17.6. The van der Waals surface area contributed by atoms with Gasteiger partial charge in [-0.25, -0.2) is 10.1 Å². The minimum absolute atomic E-state index is 0.159. The topological polar surface area (TPSA) is 62.5 Å². The summed E-state index contributed by atoms with van der Waals surface area (Å²) in [5, 5.41) is 9.11. The summed E-state index contributed by atoms with van der Waals surface area (Å²) in [7, 11) is 0. The molecule has 4 rings (SSSR count). The summed E-state index contributed by atoms with van der Waals surface area (Å²) in [5.41, 5.74) is 7.61. The predicted molar refractivity (Wildman–Crippen MR) is 120 cm³/mol. The molecule has 0 atom stereocenters. The second-order valence-corrected chi connectivity index (χ2v) is 7.74. The Bertz CT molecular complexity index is 1060. The molecule has 2 aromatic carbocycles. The van der Waals surface area contributed by atoms with Crippen molar-refractivity contribution in [1.29, 1.82) is 0 Å². The van der Waals surface area contributed by atoms with Gasteiger partial charge in [0.2, 0.25) is 0 Å². The Labute approximate surface area is 181 Å². The number of rotatable bonds is 6. The molecule has 1 aromatic heterocycles. The Hall–Kier alpha value is -3.12. The molecule has 0 aliphatic carbocycles. The lowest BCUT2D eigenvalue weighted by atomic mass is 10.0. The van der Waals surface area contributed by atoms with E-state index in [-0.39, 0.29) is 12.5 Å². The second-order valence-electron chi connectivity index (χ2n) is 7.38. The fourth-order valence-electron chi connectivity index (χ4n) is 3.73. The molecule has 0 unspecified atom stereocenters. The normalized spacial score (nSPS) is 13.5. The van der Waals surface area contributed by atoms with E-state index < -0.39 is 0 Å². The number of halogens is 1. The van der Waals surface area contributed by atoms with E-state index >= 15 is 0 Å². The van der Waals surface area contributed by atoms with Gasteiger partial charge in [0.1, 0.15) is 5.15 Å². The summed E-state index contributed by atoms with van der Waals surface area (Å²) in [6.07, 6.45) is 3.66. The van der Waals surface area contributed by atoms with E-state index in [1.54, 1.807) is 10.9 Å². The average molecular weight is 422 g/mol. The summed E-state index contributed by atoms with van der Waals surface area (Å²) >= 11 is 6.49. The SMILES string of the molecule is Cc1nn(Cc2ccccc2)c(Cl)c1/C=N\NC(=O)CN1CCCc2ccccc21. The molecule has 6 nitrogen and oxygen atoms in total. The molecule has 30 heavy (non-hydrogen) atoms. The molecule has 0 saturated heterocycles. The van der Waals surface area contributed by atoms with Crippen molar-refractivity contribution in [2.24, 2.45) is 5.10 Å². The molecule has 1 aliphatic heterocycles. The van der Waals surface area contributed by atoms with Crippen LogP contribution in [0.3, 0.4) is 0 Å². The third-order valence-electron chi connectivity index (χ3n) is 5.21. The van der Waals surface area contributed by atoms with Crippen LogP contribution in [0.1, 0.15) is 28.8 Å². The van der Waals surface area contributed by atoms with Crippen molar-refractivity contribution in [1.82, 2.24) is 15.2 Å². The van der Waals surface area contributed by atoms with E-state index in [4.69, 9.17) is 11.6 Å². The van der Waals surface area contributed by atoms with Crippen LogP contribution in [0.25, 0.3) is 0 Å². The maximum Gasteiger partial charge on any atom is 0.259 e. The number of hydrogen-bond acceptors (Lipinski definition) is 4. The first-order chi connectivity index (χ1) is 14.6. The molecule has 0 bridgehead atoms. The first kappa shape index (κ1) is 20.2. The predicted octanol–water partition coefficient (Wildman–Crippen LogP) is 3.80. The van der Waals surface area contributed by atoms with Crippen molar-refractivity contribution in [3.8, 4) is 0 Å². The molecular weight excluding hydrogens is 398 g/mol. The van der Waals surface area contributed by atoms with Gasteiger partial charge in [-0.15, -0.1) is 0 Å². The minimum Gasteiger partial charge on any atom is -0.362 e. The van der Waals surface area contributed by atoms with Crippen molar-refractivity contribution in [3.63, 3.8) is 0 Å². The highest BCUT2D eigenvalue weighted by Crippen LogP contribution is 2.26. The van der Waals surface area contributed by atoms with Crippen LogP contribution < -0.4 is 10.3 Å². The van der Waals surface area contributed by atoms with Gasteiger partial charge < -0.3 is 4.90 Å². The van der Waals surface area contributed by atoms with Crippen molar-refractivity contribution >= 4 is 29.4 Å². The summed E-state index contributed by atoms with van der Waals surface area (Å²) < 4.78 is 1.74. The number of aryl methyl sites for hydroxylation is 2. The highest BCUT2D eigenvalue weighted by Gasteiger charge is 2.18. The molecule has 7 heteroatoms. The fourth-order valence-corrected chi connectivity index (χ4v) is 4.01. The van der Waals surface area contributed by atoms with Gasteiger partial charge in [-0.1, -0.05) is 60.1 Å². The minimum atomic E-state index is -0.159. The van der Waals surface area contributed by atoms with Gasteiger partial charge >= 0.3 is 0 Å². The molecule has 1 aliphatic rings. The van der Waals surface area contributed by atoms with Gasteiger partial charge in [-0.2, -0.15) is 10.2 Å². The van der Waals surface area contributed by atoms with Crippen molar-refractivity contribution in [2.45, 2.75) is 26.3 Å². The molecule has 0 fully saturated rings. The van der Waals surface area contributed by atoms with Crippen LogP contribution in [-0.4, -0.2) is 35.0 Å². The molecule has 154 valence electrons. The Morgan fingerprint density at radius 3 is 2.80 bits per heavy atom.